The summed E-state index contributed by atoms with van der Waals surface area (Å²) in [6.45, 7) is 1.90. The predicted molar refractivity (Wildman–Crippen MR) is 116 cm³/mol. The van der Waals surface area contributed by atoms with E-state index in [9.17, 15) is 14.0 Å². The molecular formula is C21H20FN5O4S. The number of amides is 2. The SMILES string of the molecule is C[C@@H](Sc1nnc(CC(=O)Nc2ccccc2F)n1C)C(=O)Nc1ccc2c(c1)OCO2. The maximum atomic E-state index is 13.7. The molecule has 0 aliphatic carbocycles. The highest BCUT2D eigenvalue weighted by Gasteiger charge is 2.21. The number of carbonyl (C=O) groups excluding carboxylic acids is 2. The molecule has 0 fully saturated rings. The van der Waals surface area contributed by atoms with E-state index >= 15 is 0 Å². The van der Waals surface area contributed by atoms with E-state index in [1.54, 1.807) is 48.9 Å². The summed E-state index contributed by atoms with van der Waals surface area (Å²) in [4.78, 5) is 24.8. The van der Waals surface area contributed by atoms with Gasteiger partial charge in [-0.15, -0.1) is 10.2 Å². The number of rotatable bonds is 7. The maximum absolute atomic E-state index is 13.7. The lowest BCUT2D eigenvalue weighted by Crippen LogP contribution is -2.23. The average molecular weight is 457 g/mol. The van der Waals surface area contributed by atoms with Crippen LogP contribution in [0.3, 0.4) is 0 Å². The van der Waals surface area contributed by atoms with Crippen LogP contribution in [0.25, 0.3) is 0 Å². The first kappa shape index (κ1) is 21.6. The number of halogens is 1. The quantitative estimate of drug-likeness (QED) is 0.525. The first-order valence-corrected chi connectivity index (χ1v) is 10.6. The van der Waals surface area contributed by atoms with Gasteiger partial charge < -0.3 is 24.7 Å². The molecule has 32 heavy (non-hydrogen) atoms. The molecule has 1 aliphatic rings. The van der Waals surface area contributed by atoms with Crippen molar-refractivity contribution in [2.45, 2.75) is 23.8 Å². The average Bonchev–Trinajstić information content (AvgIpc) is 3.37. The van der Waals surface area contributed by atoms with Crippen molar-refractivity contribution in [3.8, 4) is 11.5 Å². The fourth-order valence-corrected chi connectivity index (χ4v) is 3.77. The molecule has 166 valence electrons. The van der Waals surface area contributed by atoms with Gasteiger partial charge in [0.05, 0.1) is 17.4 Å². The third kappa shape index (κ3) is 4.83. The van der Waals surface area contributed by atoms with E-state index in [4.69, 9.17) is 9.47 Å². The van der Waals surface area contributed by atoms with E-state index in [-0.39, 0.29) is 24.8 Å². The maximum Gasteiger partial charge on any atom is 0.237 e. The Hall–Kier alpha value is -3.60. The van der Waals surface area contributed by atoms with Crippen molar-refractivity contribution in [3.63, 3.8) is 0 Å². The number of carbonyl (C=O) groups is 2. The summed E-state index contributed by atoms with van der Waals surface area (Å²) >= 11 is 1.21. The van der Waals surface area contributed by atoms with Crippen LogP contribution in [0.1, 0.15) is 12.7 Å². The number of thioether (sulfide) groups is 1. The van der Waals surface area contributed by atoms with E-state index in [2.05, 4.69) is 20.8 Å². The lowest BCUT2D eigenvalue weighted by Gasteiger charge is -2.12. The zero-order chi connectivity index (χ0) is 22.7. The van der Waals surface area contributed by atoms with Crippen LogP contribution >= 0.6 is 11.8 Å². The van der Waals surface area contributed by atoms with Crippen LogP contribution in [0.4, 0.5) is 15.8 Å². The molecular weight excluding hydrogens is 437 g/mol. The van der Waals surface area contributed by atoms with Gasteiger partial charge in [-0.3, -0.25) is 9.59 Å². The van der Waals surface area contributed by atoms with Gasteiger partial charge in [0.25, 0.3) is 0 Å². The minimum atomic E-state index is -0.516. The van der Waals surface area contributed by atoms with Crippen molar-refractivity contribution in [2.75, 3.05) is 17.4 Å². The van der Waals surface area contributed by atoms with E-state index in [0.717, 1.165) is 0 Å². The Balaban J connectivity index is 1.35. The number of para-hydroxylation sites is 1. The van der Waals surface area contributed by atoms with Gasteiger partial charge in [0, 0.05) is 18.8 Å². The molecule has 0 saturated carbocycles. The first-order valence-electron chi connectivity index (χ1n) is 9.70. The number of nitrogens with zero attached hydrogens (tertiary/aromatic N) is 3. The van der Waals surface area contributed by atoms with Crippen molar-refractivity contribution in [3.05, 3.63) is 54.1 Å². The first-order chi connectivity index (χ1) is 15.4. The molecule has 0 radical (unpaired) electrons. The van der Waals surface area contributed by atoms with Crippen molar-refractivity contribution in [1.82, 2.24) is 14.8 Å². The summed E-state index contributed by atoms with van der Waals surface area (Å²) in [5.74, 6) is 0.444. The molecule has 3 aromatic rings. The molecule has 1 atom stereocenters. The zero-order valence-electron chi connectivity index (χ0n) is 17.3. The largest absolute Gasteiger partial charge is 0.454 e. The molecule has 0 bridgehead atoms. The van der Waals surface area contributed by atoms with Crippen LogP contribution < -0.4 is 20.1 Å². The van der Waals surface area contributed by atoms with Crippen molar-refractivity contribution >= 4 is 35.0 Å². The van der Waals surface area contributed by atoms with Crippen molar-refractivity contribution in [1.29, 1.82) is 0 Å². The molecule has 0 saturated heterocycles. The van der Waals surface area contributed by atoms with E-state index in [1.165, 1.54) is 23.9 Å². The second-order valence-corrected chi connectivity index (χ2v) is 8.29. The Kier molecular flexibility index (Phi) is 6.26. The Morgan fingerprint density at radius 3 is 2.75 bits per heavy atom. The molecule has 1 aromatic heterocycles. The summed E-state index contributed by atoms with van der Waals surface area (Å²) in [5.41, 5.74) is 0.693. The van der Waals surface area contributed by atoms with Gasteiger partial charge in [-0.05, 0) is 31.2 Å². The third-order valence-corrected chi connectivity index (χ3v) is 5.82. The second-order valence-electron chi connectivity index (χ2n) is 6.98. The van der Waals surface area contributed by atoms with Crippen LogP contribution in [-0.2, 0) is 23.1 Å². The molecule has 0 spiro atoms. The fourth-order valence-electron chi connectivity index (χ4n) is 2.93. The zero-order valence-corrected chi connectivity index (χ0v) is 18.1. The highest BCUT2D eigenvalue weighted by atomic mass is 32.2. The molecule has 2 amide bonds. The van der Waals surface area contributed by atoms with Crippen LogP contribution in [0.2, 0.25) is 0 Å². The minimum Gasteiger partial charge on any atom is -0.454 e. The van der Waals surface area contributed by atoms with Gasteiger partial charge in [0.1, 0.15) is 11.6 Å². The number of nitrogens with one attached hydrogen (secondary N) is 2. The van der Waals surface area contributed by atoms with Crippen LogP contribution in [0, 0.1) is 5.82 Å². The highest BCUT2D eigenvalue weighted by Crippen LogP contribution is 2.34. The molecule has 1 aliphatic heterocycles. The Bertz CT molecular complexity index is 1170. The molecule has 2 N–H and O–H groups in total. The van der Waals surface area contributed by atoms with Crippen LogP contribution in [-0.4, -0.2) is 38.6 Å². The van der Waals surface area contributed by atoms with Gasteiger partial charge in [-0.25, -0.2) is 4.39 Å². The number of aromatic nitrogens is 3. The summed E-state index contributed by atoms with van der Waals surface area (Å²) in [6.07, 6.45) is -0.0871. The minimum absolute atomic E-state index is 0.0871. The Morgan fingerprint density at radius 1 is 1.16 bits per heavy atom. The third-order valence-electron chi connectivity index (χ3n) is 4.68. The summed E-state index contributed by atoms with van der Waals surface area (Å²) in [6, 6.07) is 11.1. The summed E-state index contributed by atoms with van der Waals surface area (Å²) in [7, 11) is 1.70. The number of hydrogen-bond donors (Lipinski definition) is 2. The summed E-state index contributed by atoms with van der Waals surface area (Å²) < 4.78 is 25.9. The molecule has 4 rings (SSSR count). The number of ether oxygens (including phenoxy) is 2. The number of anilines is 2. The van der Waals surface area contributed by atoms with E-state index < -0.39 is 17.0 Å². The topological polar surface area (TPSA) is 107 Å². The number of fused-ring (bicyclic) bond motifs is 1. The standard InChI is InChI=1S/C21H20FN5O4S/c1-12(20(29)23-13-7-8-16-17(9-13)31-11-30-16)32-21-26-25-18(27(21)2)10-19(28)24-15-6-4-3-5-14(15)22/h3-9,12H,10-11H2,1-2H3,(H,23,29)(H,24,28)/t12-/m1/s1. The Labute approximate surface area is 187 Å². The number of benzene rings is 2. The molecule has 2 heterocycles. The summed E-state index contributed by atoms with van der Waals surface area (Å²) in [5, 5.41) is 13.4. The van der Waals surface area contributed by atoms with Crippen LogP contribution in [0.15, 0.2) is 47.6 Å². The lowest BCUT2D eigenvalue weighted by molar-refractivity contribution is -0.116. The molecule has 9 nitrogen and oxygen atoms in total. The van der Waals surface area contributed by atoms with E-state index in [0.29, 0.717) is 28.2 Å². The fraction of sp³-hybridized carbons (Fsp3) is 0.238. The van der Waals surface area contributed by atoms with Gasteiger partial charge in [-0.1, -0.05) is 23.9 Å². The monoisotopic (exact) mass is 457 g/mol. The molecule has 11 heteroatoms. The van der Waals surface area contributed by atoms with Crippen molar-refractivity contribution in [2.24, 2.45) is 7.05 Å². The molecule has 2 aromatic carbocycles. The highest BCUT2D eigenvalue weighted by molar-refractivity contribution is 8.00. The second kappa shape index (κ2) is 9.27. The molecule has 0 unspecified atom stereocenters. The normalized spacial score (nSPS) is 13.0. The predicted octanol–water partition coefficient (Wildman–Crippen LogP) is 2.98. The van der Waals surface area contributed by atoms with E-state index in [1.807, 2.05) is 0 Å². The van der Waals surface area contributed by atoms with Gasteiger partial charge in [0.15, 0.2) is 16.7 Å². The Morgan fingerprint density at radius 2 is 1.94 bits per heavy atom. The lowest BCUT2D eigenvalue weighted by atomic mass is 10.2. The van der Waals surface area contributed by atoms with Gasteiger partial charge in [-0.2, -0.15) is 0 Å². The number of hydrogen-bond acceptors (Lipinski definition) is 7. The smallest absolute Gasteiger partial charge is 0.237 e. The van der Waals surface area contributed by atoms with Gasteiger partial charge >= 0.3 is 0 Å². The van der Waals surface area contributed by atoms with Crippen molar-refractivity contribution < 1.29 is 23.5 Å². The van der Waals surface area contributed by atoms with Crippen LogP contribution in [0.5, 0.6) is 11.5 Å². The van der Waals surface area contributed by atoms with Gasteiger partial charge in [0.2, 0.25) is 18.6 Å².